The lowest BCUT2D eigenvalue weighted by molar-refractivity contribution is 0.0627. The van der Waals surface area contributed by atoms with Crippen LogP contribution in [0.3, 0.4) is 0 Å². The molecular formula is C27H27N5O2S. The number of benzene rings is 2. The first-order valence-electron chi connectivity index (χ1n) is 11.6. The van der Waals surface area contributed by atoms with Gasteiger partial charge in [0.25, 0.3) is 5.91 Å². The summed E-state index contributed by atoms with van der Waals surface area (Å²) in [6.45, 7) is 3.80. The minimum absolute atomic E-state index is 0.0704. The van der Waals surface area contributed by atoms with Crippen molar-refractivity contribution in [1.82, 2.24) is 19.8 Å². The second-order valence-electron chi connectivity index (χ2n) is 8.35. The fraction of sp³-hybridized carbons (Fsp3) is 0.222. The van der Waals surface area contributed by atoms with Crippen LogP contribution in [-0.2, 0) is 6.54 Å². The Morgan fingerprint density at radius 2 is 1.69 bits per heavy atom. The number of aromatic nitrogens is 2. The maximum absolute atomic E-state index is 13.0. The Morgan fingerprint density at radius 3 is 2.49 bits per heavy atom. The van der Waals surface area contributed by atoms with Crippen LogP contribution in [0.15, 0.2) is 84.0 Å². The number of rotatable bonds is 7. The van der Waals surface area contributed by atoms with Gasteiger partial charge in [-0.15, -0.1) is 0 Å². The first kappa shape index (κ1) is 23.1. The zero-order chi connectivity index (χ0) is 24.0. The molecule has 0 aliphatic carbocycles. The quantitative estimate of drug-likeness (QED) is 0.380. The Morgan fingerprint density at radius 1 is 0.943 bits per heavy atom. The van der Waals surface area contributed by atoms with Gasteiger partial charge in [-0.1, -0.05) is 24.3 Å². The summed E-state index contributed by atoms with van der Waals surface area (Å²) in [6.07, 6.45) is 3.54. The van der Waals surface area contributed by atoms with Gasteiger partial charge in [-0.2, -0.15) is 0 Å². The van der Waals surface area contributed by atoms with Crippen LogP contribution >= 0.6 is 11.9 Å². The molecule has 0 radical (unpaired) electrons. The van der Waals surface area contributed by atoms with Crippen molar-refractivity contribution in [3.8, 4) is 5.88 Å². The fourth-order valence-electron chi connectivity index (χ4n) is 4.21. The minimum atomic E-state index is 0.0704. The Labute approximate surface area is 209 Å². The highest BCUT2D eigenvalue weighted by Crippen LogP contribution is 2.27. The predicted molar refractivity (Wildman–Crippen MR) is 140 cm³/mol. The Balaban J connectivity index is 1.15. The van der Waals surface area contributed by atoms with Crippen LogP contribution in [0.1, 0.15) is 15.9 Å². The van der Waals surface area contributed by atoms with Crippen molar-refractivity contribution < 1.29 is 9.53 Å². The third-order valence-corrected chi connectivity index (χ3v) is 6.99. The first-order chi connectivity index (χ1) is 17.2. The number of piperazine rings is 1. The number of nitrogens with one attached hydrogen (secondary N) is 1. The van der Waals surface area contributed by atoms with Crippen LogP contribution in [0, 0.1) is 0 Å². The summed E-state index contributed by atoms with van der Waals surface area (Å²) in [5.74, 6) is 0.732. The molecule has 35 heavy (non-hydrogen) atoms. The standard InChI is InChI=1S/C27H27N5O2S/c1-34-26-22(7-4-14-29-26)19-31-15-17-32(18-16-31)27(33)21-9-11-23(12-10-21)30-35-24-8-2-5-20-6-3-13-28-25(20)24/h2-14,30H,15-19H2,1H3. The molecule has 5 rings (SSSR count). The van der Waals surface area contributed by atoms with E-state index in [0.717, 1.165) is 46.7 Å². The Kier molecular flexibility index (Phi) is 7.11. The smallest absolute Gasteiger partial charge is 0.253 e. The van der Waals surface area contributed by atoms with Crippen molar-refractivity contribution in [2.24, 2.45) is 0 Å². The number of anilines is 1. The molecule has 4 aromatic rings. The third-order valence-electron chi connectivity index (χ3n) is 6.10. The van der Waals surface area contributed by atoms with Gasteiger partial charge in [-0.25, -0.2) is 4.98 Å². The molecule has 1 amide bonds. The zero-order valence-corrected chi connectivity index (χ0v) is 20.4. The van der Waals surface area contributed by atoms with Crippen molar-refractivity contribution >= 4 is 34.4 Å². The highest BCUT2D eigenvalue weighted by Gasteiger charge is 2.23. The molecule has 8 heteroatoms. The summed E-state index contributed by atoms with van der Waals surface area (Å²) in [4.78, 5) is 27.1. The molecule has 2 aromatic heterocycles. The molecule has 1 aliphatic heterocycles. The number of hydrogen-bond donors (Lipinski definition) is 1. The van der Waals surface area contributed by atoms with Gasteiger partial charge in [-0.3, -0.25) is 14.7 Å². The third kappa shape index (κ3) is 5.39. The largest absolute Gasteiger partial charge is 0.481 e. The van der Waals surface area contributed by atoms with E-state index in [0.29, 0.717) is 24.5 Å². The fourth-order valence-corrected chi connectivity index (χ4v) is 4.99. The van der Waals surface area contributed by atoms with E-state index >= 15 is 0 Å². The van der Waals surface area contributed by atoms with Crippen molar-refractivity contribution in [2.45, 2.75) is 11.4 Å². The zero-order valence-electron chi connectivity index (χ0n) is 19.6. The molecule has 3 heterocycles. The van der Waals surface area contributed by atoms with E-state index in [9.17, 15) is 4.79 Å². The lowest BCUT2D eigenvalue weighted by Gasteiger charge is -2.35. The highest BCUT2D eigenvalue weighted by atomic mass is 32.2. The van der Waals surface area contributed by atoms with E-state index in [1.807, 2.05) is 59.6 Å². The molecular weight excluding hydrogens is 458 g/mol. The van der Waals surface area contributed by atoms with E-state index in [1.54, 1.807) is 13.3 Å². The number of amides is 1. The average Bonchev–Trinajstić information content (AvgIpc) is 2.92. The number of fused-ring (bicyclic) bond motifs is 1. The summed E-state index contributed by atoms with van der Waals surface area (Å²) in [5.41, 5.74) is 3.68. The van der Waals surface area contributed by atoms with Gasteiger partial charge in [-0.05, 0) is 54.4 Å². The number of carbonyl (C=O) groups is 1. The lowest BCUT2D eigenvalue weighted by Crippen LogP contribution is -2.48. The first-order valence-corrected chi connectivity index (χ1v) is 12.4. The van der Waals surface area contributed by atoms with Crippen molar-refractivity contribution in [1.29, 1.82) is 0 Å². The molecule has 0 unspecified atom stereocenters. The molecule has 2 aromatic carbocycles. The van der Waals surface area contributed by atoms with Crippen LogP contribution in [0.4, 0.5) is 5.69 Å². The van der Waals surface area contributed by atoms with Crippen molar-refractivity contribution in [3.05, 3.63) is 90.3 Å². The summed E-state index contributed by atoms with van der Waals surface area (Å²) in [7, 11) is 1.64. The van der Waals surface area contributed by atoms with Gasteiger partial charge < -0.3 is 14.4 Å². The molecule has 0 saturated carbocycles. The Bertz CT molecular complexity index is 1300. The number of para-hydroxylation sites is 1. The maximum atomic E-state index is 13.0. The SMILES string of the molecule is COc1ncccc1CN1CCN(C(=O)c2ccc(NSc3cccc4cccnc34)cc2)CC1. The maximum Gasteiger partial charge on any atom is 0.253 e. The van der Waals surface area contributed by atoms with Crippen LogP contribution in [0.2, 0.25) is 0 Å². The average molecular weight is 486 g/mol. The Hall–Kier alpha value is -3.62. The van der Waals surface area contributed by atoms with Gasteiger partial charge in [0.15, 0.2) is 0 Å². The van der Waals surface area contributed by atoms with Crippen LogP contribution in [0.5, 0.6) is 5.88 Å². The molecule has 1 saturated heterocycles. The summed E-state index contributed by atoms with van der Waals surface area (Å²) in [5, 5.41) is 1.11. The van der Waals surface area contributed by atoms with E-state index in [4.69, 9.17) is 4.74 Å². The van der Waals surface area contributed by atoms with E-state index in [2.05, 4.69) is 37.8 Å². The lowest BCUT2D eigenvalue weighted by atomic mass is 10.1. The number of carbonyl (C=O) groups excluding carboxylic acids is 1. The number of hydrogen-bond acceptors (Lipinski definition) is 7. The highest BCUT2D eigenvalue weighted by molar-refractivity contribution is 8.00. The molecule has 0 atom stereocenters. The second kappa shape index (κ2) is 10.8. The molecule has 1 N–H and O–H groups in total. The van der Waals surface area contributed by atoms with E-state index in [1.165, 1.54) is 11.9 Å². The van der Waals surface area contributed by atoms with Crippen LogP contribution < -0.4 is 9.46 Å². The summed E-state index contributed by atoms with van der Waals surface area (Å²) in [6, 6.07) is 21.8. The van der Waals surface area contributed by atoms with Crippen molar-refractivity contribution in [3.63, 3.8) is 0 Å². The van der Waals surface area contributed by atoms with E-state index < -0.39 is 0 Å². The number of methoxy groups -OCH3 is 1. The van der Waals surface area contributed by atoms with Gasteiger partial charge in [0.05, 0.1) is 17.5 Å². The van der Waals surface area contributed by atoms with E-state index in [-0.39, 0.29) is 5.91 Å². The monoisotopic (exact) mass is 485 g/mol. The number of ether oxygens (including phenoxy) is 1. The molecule has 7 nitrogen and oxygen atoms in total. The molecule has 1 fully saturated rings. The van der Waals surface area contributed by atoms with Crippen LogP contribution in [-0.4, -0.2) is 59.0 Å². The summed E-state index contributed by atoms with van der Waals surface area (Å²) < 4.78 is 8.73. The van der Waals surface area contributed by atoms with Gasteiger partial charge in [0, 0.05) is 67.3 Å². The number of nitrogens with zero attached hydrogens (tertiary/aromatic N) is 4. The number of pyridine rings is 2. The topological polar surface area (TPSA) is 70.6 Å². The van der Waals surface area contributed by atoms with Gasteiger partial charge in [0.2, 0.25) is 5.88 Å². The molecule has 178 valence electrons. The molecule has 0 spiro atoms. The predicted octanol–water partition coefficient (Wildman–Crippen LogP) is 4.72. The molecule has 0 bridgehead atoms. The normalized spacial score (nSPS) is 14.1. The van der Waals surface area contributed by atoms with Gasteiger partial charge >= 0.3 is 0 Å². The summed E-state index contributed by atoms with van der Waals surface area (Å²) >= 11 is 1.52. The minimum Gasteiger partial charge on any atom is -0.481 e. The second-order valence-corrected chi connectivity index (χ2v) is 9.20. The molecule has 1 aliphatic rings. The van der Waals surface area contributed by atoms with Crippen LogP contribution in [0.25, 0.3) is 10.9 Å². The van der Waals surface area contributed by atoms with Gasteiger partial charge in [0.1, 0.15) is 0 Å². The van der Waals surface area contributed by atoms with Crippen molar-refractivity contribution in [2.75, 3.05) is 38.0 Å².